The Morgan fingerprint density at radius 2 is 2.17 bits per heavy atom. The third-order valence-corrected chi connectivity index (χ3v) is 2.66. The number of hydrogen-bond donors (Lipinski definition) is 2. The van der Waals surface area contributed by atoms with Crippen molar-refractivity contribution >= 4 is 11.8 Å². The van der Waals surface area contributed by atoms with Gasteiger partial charge in [0.2, 0.25) is 0 Å². The molecule has 0 spiro atoms. The molecule has 1 heterocycles. The van der Waals surface area contributed by atoms with Gasteiger partial charge in [-0.1, -0.05) is 20.3 Å². The number of rotatable bonds is 7. The van der Waals surface area contributed by atoms with Gasteiger partial charge in [0.05, 0.1) is 6.42 Å². The van der Waals surface area contributed by atoms with E-state index in [1.807, 2.05) is 26.8 Å². The van der Waals surface area contributed by atoms with E-state index in [0.717, 1.165) is 30.8 Å². The molecule has 1 atom stereocenters. The summed E-state index contributed by atoms with van der Waals surface area (Å²) in [6, 6.07) is 1.81. The van der Waals surface area contributed by atoms with Gasteiger partial charge in [0.1, 0.15) is 11.6 Å². The molecule has 0 bridgehead atoms. The van der Waals surface area contributed by atoms with Crippen molar-refractivity contribution in [1.29, 1.82) is 0 Å². The highest BCUT2D eigenvalue weighted by molar-refractivity contribution is 5.68. The minimum Gasteiger partial charge on any atom is -0.481 e. The SMILES string of the molecule is CCCC(CC(=O)O)Nc1cc(CC)nc(C)n1. The monoisotopic (exact) mass is 251 g/mol. The Morgan fingerprint density at radius 3 is 2.72 bits per heavy atom. The van der Waals surface area contributed by atoms with Crippen LogP contribution in [-0.2, 0) is 11.2 Å². The maximum atomic E-state index is 10.8. The molecule has 100 valence electrons. The van der Waals surface area contributed by atoms with Crippen LogP contribution in [0.1, 0.15) is 44.6 Å². The molecule has 0 saturated heterocycles. The van der Waals surface area contributed by atoms with Gasteiger partial charge in [-0.2, -0.15) is 0 Å². The second-order valence-corrected chi connectivity index (χ2v) is 4.37. The molecule has 0 amide bonds. The van der Waals surface area contributed by atoms with Gasteiger partial charge in [0, 0.05) is 17.8 Å². The van der Waals surface area contributed by atoms with Crippen LogP contribution in [0.4, 0.5) is 5.82 Å². The lowest BCUT2D eigenvalue weighted by molar-refractivity contribution is -0.137. The van der Waals surface area contributed by atoms with Gasteiger partial charge in [0.25, 0.3) is 0 Å². The molecule has 0 saturated carbocycles. The van der Waals surface area contributed by atoms with Gasteiger partial charge >= 0.3 is 5.97 Å². The fourth-order valence-corrected chi connectivity index (χ4v) is 1.88. The first kappa shape index (κ1) is 14.4. The van der Waals surface area contributed by atoms with E-state index in [9.17, 15) is 4.79 Å². The maximum absolute atomic E-state index is 10.8. The number of aliphatic carboxylic acids is 1. The van der Waals surface area contributed by atoms with Crippen molar-refractivity contribution in [3.05, 3.63) is 17.6 Å². The van der Waals surface area contributed by atoms with Gasteiger partial charge in [-0.25, -0.2) is 9.97 Å². The smallest absolute Gasteiger partial charge is 0.305 e. The van der Waals surface area contributed by atoms with Crippen LogP contribution in [0, 0.1) is 6.92 Å². The second kappa shape index (κ2) is 6.93. The highest BCUT2D eigenvalue weighted by Gasteiger charge is 2.13. The summed E-state index contributed by atoms with van der Waals surface area (Å²) in [6.45, 7) is 5.92. The van der Waals surface area contributed by atoms with Crippen molar-refractivity contribution in [1.82, 2.24) is 9.97 Å². The quantitative estimate of drug-likeness (QED) is 0.778. The Labute approximate surface area is 108 Å². The van der Waals surface area contributed by atoms with Crippen molar-refractivity contribution in [2.45, 2.75) is 52.5 Å². The summed E-state index contributed by atoms with van der Waals surface area (Å²) in [4.78, 5) is 19.4. The highest BCUT2D eigenvalue weighted by Crippen LogP contribution is 2.13. The molecule has 2 N–H and O–H groups in total. The lowest BCUT2D eigenvalue weighted by atomic mass is 10.1. The maximum Gasteiger partial charge on any atom is 0.305 e. The van der Waals surface area contributed by atoms with Crippen molar-refractivity contribution in [2.75, 3.05) is 5.32 Å². The molecule has 0 aliphatic rings. The number of aromatic nitrogens is 2. The Kier molecular flexibility index (Phi) is 5.55. The molecular formula is C13H21N3O2. The summed E-state index contributed by atoms with van der Waals surface area (Å²) in [6.07, 6.45) is 2.71. The third-order valence-electron chi connectivity index (χ3n) is 2.66. The summed E-state index contributed by atoms with van der Waals surface area (Å²) in [5.41, 5.74) is 0.968. The Hall–Kier alpha value is -1.65. The number of carboxylic acids is 1. The van der Waals surface area contributed by atoms with Crippen molar-refractivity contribution in [2.24, 2.45) is 0 Å². The van der Waals surface area contributed by atoms with Crippen LogP contribution in [0.3, 0.4) is 0 Å². The van der Waals surface area contributed by atoms with E-state index in [1.54, 1.807) is 0 Å². The summed E-state index contributed by atoms with van der Waals surface area (Å²) in [7, 11) is 0. The van der Waals surface area contributed by atoms with Gasteiger partial charge in [0.15, 0.2) is 0 Å². The van der Waals surface area contributed by atoms with Gasteiger partial charge in [-0.15, -0.1) is 0 Å². The zero-order valence-corrected chi connectivity index (χ0v) is 11.2. The lowest BCUT2D eigenvalue weighted by Crippen LogP contribution is -2.23. The van der Waals surface area contributed by atoms with Crippen LogP contribution in [-0.4, -0.2) is 27.1 Å². The summed E-state index contributed by atoms with van der Waals surface area (Å²) >= 11 is 0. The minimum atomic E-state index is -0.789. The van der Waals surface area contributed by atoms with Crippen LogP contribution >= 0.6 is 0 Å². The number of carbonyl (C=O) groups is 1. The second-order valence-electron chi connectivity index (χ2n) is 4.37. The molecule has 0 aromatic carbocycles. The molecule has 0 radical (unpaired) electrons. The van der Waals surface area contributed by atoms with Crippen LogP contribution in [0.2, 0.25) is 0 Å². The highest BCUT2D eigenvalue weighted by atomic mass is 16.4. The van der Waals surface area contributed by atoms with E-state index in [4.69, 9.17) is 5.11 Å². The third kappa shape index (κ3) is 4.69. The zero-order valence-electron chi connectivity index (χ0n) is 11.2. The molecule has 1 rings (SSSR count). The normalized spacial score (nSPS) is 12.2. The summed E-state index contributed by atoms with van der Waals surface area (Å²) in [5, 5.41) is 12.1. The Balaban J connectivity index is 2.78. The fraction of sp³-hybridized carbons (Fsp3) is 0.615. The first-order valence-electron chi connectivity index (χ1n) is 6.38. The van der Waals surface area contributed by atoms with Crippen LogP contribution in [0.25, 0.3) is 0 Å². The zero-order chi connectivity index (χ0) is 13.5. The predicted octanol–water partition coefficient (Wildman–Crippen LogP) is 2.40. The Bertz CT molecular complexity index is 407. The summed E-state index contributed by atoms with van der Waals surface area (Å²) < 4.78 is 0. The van der Waals surface area contributed by atoms with E-state index in [2.05, 4.69) is 15.3 Å². The van der Waals surface area contributed by atoms with Crippen LogP contribution < -0.4 is 5.32 Å². The van der Waals surface area contributed by atoms with Crippen molar-refractivity contribution in [3.63, 3.8) is 0 Å². The van der Waals surface area contributed by atoms with Gasteiger partial charge in [-0.3, -0.25) is 4.79 Å². The molecule has 0 aliphatic carbocycles. The minimum absolute atomic E-state index is 0.0773. The molecule has 0 aliphatic heterocycles. The lowest BCUT2D eigenvalue weighted by Gasteiger charge is -2.17. The predicted molar refractivity (Wildman–Crippen MR) is 70.7 cm³/mol. The molecule has 1 aromatic rings. The number of carboxylic acid groups (broad SMARTS) is 1. The molecule has 5 heteroatoms. The fourth-order valence-electron chi connectivity index (χ4n) is 1.88. The average Bonchev–Trinajstić information content (AvgIpc) is 2.27. The number of nitrogens with zero attached hydrogens (tertiary/aromatic N) is 2. The van der Waals surface area contributed by atoms with E-state index < -0.39 is 5.97 Å². The van der Waals surface area contributed by atoms with E-state index >= 15 is 0 Å². The number of aryl methyl sites for hydroxylation is 2. The van der Waals surface area contributed by atoms with E-state index in [1.165, 1.54) is 0 Å². The van der Waals surface area contributed by atoms with Crippen LogP contribution in [0.15, 0.2) is 6.07 Å². The van der Waals surface area contributed by atoms with Crippen molar-refractivity contribution in [3.8, 4) is 0 Å². The molecule has 5 nitrogen and oxygen atoms in total. The van der Waals surface area contributed by atoms with E-state index in [0.29, 0.717) is 5.82 Å². The summed E-state index contributed by atoms with van der Waals surface area (Å²) in [5.74, 6) is 0.643. The molecular weight excluding hydrogens is 230 g/mol. The first-order valence-corrected chi connectivity index (χ1v) is 6.38. The molecule has 1 unspecified atom stereocenters. The number of hydrogen-bond acceptors (Lipinski definition) is 4. The van der Waals surface area contributed by atoms with Crippen molar-refractivity contribution < 1.29 is 9.90 Å². The van der Waals surface area contributed by atoms with Crippen LogP contribution in [0.5, 0.6) is 0 Å². The van der Waals surface area contributed by atoms with Gasteiger partial charge in [-0.05, 0) is 19.8 Å². The molecule has 18 heavy (non-hydrogen) atoms. The molecule has 0 fully saturated rings. The van der Waals surface area contributed by atoms with E-state index in [-0.39, 0.29) is 12.5 Å². The number of nitrogens with one attached hydrogen (secondary N) is 1. The first-order chi connectivity index (χ1) is 8.55. The number of anilines is 1. The van der Waals surface area contributed by atoms with Gasteiger partial charge < -0.3 is 10.4 Å². The largest absolute Gasteiger partial charge is 0.481 e. The average molecular weight is 251 g/mol. The topological polar surface area (TPSA) is 75.1 Å². The Morgan fingerprint density at radius 1 is 1.44 bits per heavy atom. The molecule has 1 aromatic heterocycles. The standard InChI is InChI=1S/C13H21N3O2/c1-4-6-11(8-13(17)18)16-12-7-10(5-2)14-9(3)15-12/h7,11H,4-6,8H2,1-3H3,(H,17,18)(H,14,15,16).